The summed E-state index contributed by atoms with van der Waals surface area (Å²) in [6.07, 6.45) is 0. The predicted octanol–water partition coefficient (Wildman–Crippen LogP) is 3.00. The molecule has 2 rings (SSSR count). The number of aromatic nitrogens is 2. The third kappa shape index (κ3) is 3.90. The first-order chi connectivity index (χ1) is 10.8. The average molecular weight is 338 g/mol. The first-order valence-electron chi connectivity index (χ1n) is 7.20. The predicted molar refractivity (Wildman–Crippen MR) is 87.4 cm³/mol. The molecule has 0 N–H and O–H groups in total. The second kappa shape index (κ2) is 6.70. The molecule has 2 aromatic rings. The molecule has 0 saturated heterocycles. The van der Waals surface area contributed by atoms with Gasteiger partial charge in [0.05, 0.1) is 25.0 Å². The molecule has 1 aromatic heterocycles. The number of benzene rings is 1. The van der Waals surface area contributed by atoms with Gasteiger partial charge < -0.3 is 13.9 Å². The van der Waals surface area contributed by atoms with E-state index in [9.17, 15) is 4.21 Å². The molecule has 126 valence electrons. The highest BCUT2D eigenvalue weighted by molar-refractivity contribution is 7.84. The summed E-state index contributed by atoms with van der Waals surface area (Å²) >= 11 is 0. The van der Waals surface area contributed by atoms with Crippen molar-refractivity contribution < 1.29 is 18.1 Å². The maximum atomic E-state index is 12.6. The fourth-order valence-corrected chi connectivity index (χ4v) is 3.17. The van der Waals surface area contributed by atoms with Crippen molar-refractivity contribution in [3.8, 4) is 11.5 Å². The molecule has 0 fully saturated rings. The summed E-state index contributed by atoms with van der Waals surface area (Å²) in [5.74, 6) is 2.22. The van der Waals surface area contributed by atoms with Crippen LogP contribution in [-0.4, -0.2) is 28.6 Å². The van der Waals surface area contributed by atoms with Crippen LogP contribution in [-0.2, 0) is 22.0 Å². The van der Waals surface area contributed by atoms with Crippen LogP contribution >= 0.6 is 0 Å². The Morgan fingerprint density at radius 3 is 2.26 bits per heavy atom. The van der Waals surface area contributed by atoms with Crippen molar-refractivity contribution in [3.63, 3.8) is 0 Å². The molecule has 0 unspecified atom stereocenters. The van der Waals surface area contributed by atoms with Crippen molar-refractivity contribution in [2.75, 3.05) is 14.2 Å². The van der Waals surface area contributed by atoms with Gasteiger partial charge >= 0.3 is 0 Å². The number of hydrogen-bond donors (Lipinski definition) is 0. The molecule has 0 saturated carbocycles. The van der Waals surface area contributed by atoms with Gasteiger partial charge in [-0.15, -0.1) is 10.2 Å². The van der Waals surface area contributed by atoms with Crippen LogP contribution < -0.4 is 9.47 Å². The van der Waals surface area contributed by atoms with Crippen LogP contribution in [0.3, 0.4) is 0 Å². The molecule has 1 aromatic carbocycles. The Morgan fingerprint density at radius 1 is 1.13 bits per heavy atom. The summed E-state index contributed by atoms with van der Waals surface area (Å²) in [7, 11) is 1.81. The summed E-state index contributed by atoms with van der Waals surface area (Å²) in [4.78, 5) is 0.665. The SMILES string of the molecule is COc1cc(C)c([S@@](=O)Cc2nnc(C(C)(C)C)o2)cc1OC. The second-order valence-electron chi connectivity index (χ2n) is 6.21. The summed E-state index contributed by atoms with van der Waals surface area (Å²) in [6, 6.07) is 3.53. The van der Waals surface area contributed by atoms with Crippen molar-refractivity contribution in [2.45, 2.75) is 43.8 Å². The van der Waals surface area contributed by atoms with Crippen molar-refractivity contribution in [3.05, 3.63) is 29.5 Å². The Bertz CT molecular complexity index is 719. The standard InChI is InChI=1S/C16H22N2O4S/c1-10-7-11(20-5)12(21-6)8-13(10)23(19)9-14-17-18-15(22-14)16(2,3)4/h7-8H,9H2,1-6H3/t23-/m0/s1. The van der Waals surface area contributed by atoms with Gasteiger partial charge in [-0.3, -0.25) is 4.21 Å². The zero-order chi connectivity index (χ0) is 17.2. The fraction of sp³-hybridized carbons (Fsp3) is 0.500. The number of methoxy groups -OCH3 is 2. The Kier molecular flexibility index (Phi) is 5.09. The van der Waals surface area contributed by atoms with Gasteiger partial charge in [0, 0.05) is 16.4 Å². The Balaban J connectivity index is 2.26. The quantitative estimate of drug-likeness (QED) is 0.834. The Morgan fingerprint density at radius 2 is 1.74 bits per heavy atom. The van der Waals surface area contributed by atoms with Crippen molar-refractivity contribution in [2.24, 2.45) is 0 Å². The van der Waals surface area contributed by atoms with E-state index in [2.05, 4.69) is 10.2 Å². The highest BCUT2D eigenvalue weighted by atomic mass is 32.2. The van der Waals surface area contributed by atoms with E-state index in [4.69, 9.17) is 13.9 Å². The number of aryl methyl sites for hydroxylation is 1. The molecule has 0 spiro atoms. The summed E-state index contributed by atoms with van der Waals surface area (Å²) in [5, 5.41) is 8.01. The van der Waals surface area contributed by atoms with Crippen LogP contribution in [0, 0.1) is 6.92 Å². The lowest BCUT2D eigenvalue weighted by Crippen LogP contribution is -2.11. The molecular weight excluding hydrogens is 316 g/mol. The monoisotopic (exact) mass is 338 g/mol. The van der Waals surface area contributed by atoms with Crippen LogP contribution in [0.2, 0.25) is 0 Å². The van der Waals surface area contributed by atoms with Gasteiger partial charge in [-0.25, -0.2) is 0 Å². The van der Waals surface area contributed by atoms with E-state index in [0.717, 1.165) is 5.56 Å². The third-order valence-corrected chi connectivity index (χ3v) is 4.73. The van der Waals surface area contributed by atoms with Gasteiger partial charge in [-0.2, -0.15) is 0 Å². The van der Waals surface area contributed by atoms with E-state index in [1.165, 1.54) is 0 Å². The van der Waals surface area contributed by atoms with Gasteiger partial charge in [0.15, 0.2) is 11.5 Å². The molecule has 6 nitrogen and oxygen atoms in total. The maximum Gasteiger partial charge on any atom is 0.229 e. The third-order valence-electron chi connectivity index (χ3n) is 3.29. The first kappa shape index (κ1) is 17.5. The Hall–Kier alpha value is -1.89. The normalized spacial score (nSPS) is 13.0. The Labute approximate surface area is 138 Å². The minimum absolute atomic E-state index is 0.166. The lowest BCUT2D eigenvalue weighted by molar-refractivity contribution is 0.353. The summed E-state index contributed by atoms with van der Waals surface area (Å²) in [5.41, 5.74) is 0.628. The molecule has 0 aliphatic heterocycles. The largest absolute Gasteiger partial charge is 0.493 e. The first-order valence-corrected chi connectivity index (χ1v) is 8.52. The van der Waals surface area contributed by atoms with Gasteiger partial charge in [0.2, 0.25) is 11.8 Å². The van der Waals surface area contributed by atoms with Gasteiger partial charge in [0.1, 0.15) is 5.75 Å². The molecule has 7 heteroatoms. The zero-order valence-electron chi connectivity index (χ0n) is 14.3. The fourth-order valence-electron chi connectivity index (χ4n) is 2.01. The van der Waals surface area contributed by atoms with Crippen LogP contribution in [0.1, 0.15) is 38.1 Å². The highest BCUT2D eigenvalue weighted by Crippen LogP contribution is 2.32. The maximum absolute atomic E-state index is 12.6. The lowest BCUT2D eigenvalue weighted by Gasteiger charge is -2.12. The summed E-state index contributed by atoms with van der Waals surface area (Å²) < 4.78 is 28.8. The van der Waals surface area contributed by atoms with Crippen LogP contribution in [0.5, 0.6) is 11.5 Å². The van der Waals surface area contributed by atoms with Gasteiger partial charge in [0.25, 0.3) is 0 Å². The molecule has 0 aliphatic rings. The number of ether oxygens (including phenoxy) is 2. The molecule has 1 heterocycles. The molecule has 0 aliphatic carbocycles. The minimum Gasteiger partial charge on any atom is -0.493 e. The smallest absolute Gasteiger partial charge is 0.229 e. The summed E-state index contributed by atoms with van der Waals surface area (Å²) in [6.45, 7) is 7.84. The van der Waals surface area contributed by atoms with E-state index >= 15 is 0 Å². The average Bonchev–Trinajstić information content (AvgIpc) is 2.95. The highest BCUT2D eigenvalue weighted by Gasteiger charge is 2.23. The van der Waals surface area contributed by atoms with E-state index in [1.807, 2.05) is 27.7 Å². The van der Waals surface area contributed by atoms with Crippen molar-refractivity contribution in [1.29, 1.82) is 0 Å². The van der Waals surface area contributed by atoms with E-state index < -0.39 is 10.8 Å². The van der Waals surface area contributed by atoms with Crippen molar-refractivity contribution in [1.82, 2.24) is 10.2 Å². The van der Waals surface area contributed by atoms with E-state index in [1.54, 1.807) is 26.4 Å². The lowest BCUT2D eigenvalue weighted by atomic mass is 9.97. The molecule has 0 amide bonds. The van der Waals surface area contributed by atoms with E-state index in [-0.39, 0.29) is 11.2 Å². The molecule has 0 bridgehead atoms. The molecular formula is C16H22N2O4S. The van der Waals surface area contributed by atoms with Crippen LogP contribution in [0.15, 0.2) is 21.4 Å². The second-order valence-corrected chi connectivity index (χ2v) is 7.63. The molecule has 0 radical (unpaired) electrons. The van der Waals surface area contributed by atoms with Crippen molar-refractivity contribution >= 4 is 10.8 Å². The molecule has 23 heavy (non-hydrogen) atoms. The minimum atomic E-state index is -1.31. The molecule has 1 atom stereocenters. The zero-order valence-corrected chi connectivity index (χ0v) is 15.1. The van der Waals surface area contributed by atoms with Crippen LogP contribution in [0.25, 0.3) is 0 Å². The number of hydrogen-bond acceptors (Lipinski definition) is 6. The number of nitrogens with zero attached hydrogens (tertiary/aromatic N) is 2. The van der Waals surface area contributed by atoms with Crippen LogP contribution in [0.4, 0.5) is 0 Å². The van der Waals surface area contributed by atoms with E-state index in [0.29, 0.717) is 28.2 Å². The van der Waals surface area contributed by atoms with Gasteiger partial charge in [-0.1, -0.05) is 20.8 Å². The number of rotatable bonds is 5. The van der Waals surface area contributed by atoms with Gasteiger partial charge in [-0.05, 0) is 18.6 Å². The topological polar surface area (TPSA) is 74.5 Å².